The van der Waals surface area contributed by atoms with Crippen LogP contribution in [0.2, 0.25) is 0 Å². The van der Waals surface area contributed by atoms with E-state index in [9.17, 15) is 0 Å². The van der Waals surface area contributed by atoms with Crippen LogP contribution in [0.25, 0.3) is 0 Å². The van der Waals surface area contributed by atoms with Crippen molar-refractivity contribution in [1.82, 2.24) is 4.90 Å². The van der Waals surface area contributed by atoms with Gasteiger partial charge in [0, 0.05) is 6.04 Å². The van der Waals surface area contributed by atoms with Gasteiger partial charge in [-0.3, -0.25) is 4.90 Å². The molecule has 0 spiro atoms. The molecule has 0 aromatic rings. The van der Waals surface area contributed by atoms with E-state index in [2.05, 4.69) is 31.7 Å². The van der Waals surface area contributed by atoms with E-state index in [1.165, 1.54) is 51.4 Å². The van der Waals surface area contributed by atoms with Gasteiger partial charge in [0.25, 0.3) is 0 Å². The largest absolute Gasteiger partial charge is 0.293 e. The lowest BCUT2D eigenvalue weighted by molar-refractivity contribution is 0.268. The van der Waals surface area contributed by atoms with E-state index in [0.29, 0.717) is 6.04 Å². The van der Waals surface area contributed by atoms with Crippen LogP contribution in [-0.4, -0.2) is 24.5 Å². The fourth-order valence-electron chi connectivity index (χ4n) is 1.92. The minimum atomic E-state index is 0.631. The van der Waals surface area contributed by atoms with Crippen molar-refractivity contribution in [2.45, 2.75) is 71.3 Å². The van der Waals surface area contributed by atoms with Gasteiger partial charge < -0.3 is 0 Å². The summed E-state index contributed by atoms with van der Waals surface area (Å²) in [5.74, 6) is 2.70. The average molecular weight is 223 g/mol. The van der Waals surface area contributed by atoms with Gasteiger partial charge in [0.05, 0.1) is 6.54 Å². The second kappa shape index (κ2) is 11.0. The molecular weight excluding hydrogens is 194 g/mol. The summed E-state index contributed by atoms with van der Waals surface area (Å²) in [6, 6.07) is 0.631. The van der Waals surface area contributed by atoms with Crippen LogP contribution in [-0.2, 0) is 0 Å². The summed E-state index contributed by atoms with van der Waals surface area (Å²) < 4.78 is 0. The maximum absolute atomic E-state index is 5.30. The van der Waals surface area contributed by atoms with Gasteiger partial charge in [-0.15, -0.1) is 6.42 Å². The SMILES string of the molecule is C#CCN(C)[C@H](C)CCCCCCCCC. The molecule has 0 fully saturated rings. The zero-order chi connectivity index (χ0) is 12.2. The molecule has 0 amide bonds. The van der Waals surface area contributed by atoms with Gasteiger partial charge in [0.15, 0.2) is 0 Å². The number of terminal acetylenes is 1. The molecule has 0 aromatic heterocycles. The summed E-state index contributed by atoms with van der Waals surface area (Å²) in [6.07, 6.45) is 16.3. The first-order chi connectivity index (χ1) is 7.72. The minimum absolute atomic E-state index is 0.631. The molecule has 1 atom stereocenters. The number of unbranched alkanes of at least 4 members (excludes halogenated alkanes) is 6. The van der Waals surface area contributed by atoms with E-state index >= 15 is 0 Å². The summed E-state index contributed by atoms with van der Waals surface area (Å²) in [5.41, 5.74) is 0. The predicted octanol–water partition coefficient (Wildman–Crippen LogP) is 4.08. The number of hydrogen-bond donors (Lipinski definition) is 0. The third-order valence-corrected chi connectivity index (χ3v) is 3.32. The normalized spacial score (nSPS) is 12.7. The zero-order valence-electron chi connectivity index (χ0n) is 11.5. The lowest BCUT2D eigenvalue weighted by Crippen LogP contribution is -2.29. The molecule has 0 aliphatic rings. The van der Waals surface area contributed by atoms with E-state index in [1.807, 2.05) is 0 Å². The Hall–Kier alpha value is -0.480. The highest BCUT2D eigenvalue weighted by atomic mass is 15.1. The molecule has 0 unspecified atom stereocenters. The molecule has 1 heteroatoms. The van der Waals surface area contributed by atoms with E-state index in [-0.39, 0.29) is 0 Å². The van der Waals surface area contributed by atoms with Crippen LogP contribution in [0.3, 0.4) is 0 Å². The van der Waals surface area contributed by atoms with Gasteiger partial charge in [-0.2, -0.15) is 0 Å². The Balaban J connectivity index is 3.28. The van der Waals surface area contributed by atoms with Crippen LogP contribution < -0.4 is 0 Å². The molecule has 0 aromatic carbocycles. The third kappa shape index (κ3) is 8.80. The molecule has 16 heavy (non-hydrogen) atoms. The van der Waals surface area contributed by atoms with Crippen molar-refractivity contribution in [2.24, 2.45) is 0 Å². The Morgan fingerprint density at radius 2 is 1.62 bits per heavy atom. The number of nitrogens with zero attached hydrogens (tertiary/aromatic N) is 1. The number of rotatable bonds is 10. The van der Waals surface area contributed by atoms with Crippen molar-refractivity contribution < 1.29 is 0 Å². The Morgan fingerprint density at radius 1 is 1.06 bits per heavy atom. The maximum Gasteiger partial charge on any atom is 0.0598 e. The van der Waals surface area contributed by atoms with E-state index < -0.39 is 0 Å². The van der Waals surface area contributed by atoms with Crippen molar-refractivity contribution in [1.29, 1.82) is 0 Å². The topological polar surface area (TPSA) is 3.24 Å². The van der Waals surface area contributed by atoms with Gasteiger partial charge in [-0.1, -0.05) is 57.8 Å². The minimum Gasteiger partial charge on any atom is -0.293 e. The van der Waals surface area contributed by atoms with Crippen molar-refractivity contribution in [3.63, 3.8) is 0 Å². The van der Waals surface area contributed by atoms with E-state index in [0.717, 1.165) is 6.54 Å². The lowest BCUT2D eigenvalue weighted by atomic mass is 10.1. The Kier molecular flexibility index (Phi) is 10.7. The average Bonchev–Trinajstić information content (AvgIpc) is 2.28. The predicted molar refractivity (Wildman–Crippen MR) is 73.5 cm³/mol. The molecule has 0 aliphatic carbocycles. The Bertz CT molecular complexity index is 180. The summed E-state index contributed by atoms with van der Waals surface area (Å²) in [4.78, 5) is 2.26. The zero-order valence-corrected chi connectivity index (χ0v) is 11.5. The first-order valence-electron chi connectivity index (χ1n) is 6.86. The fourth-order valence-corrected chi connectivity index (χ4v) is 1.92. The first kappa shape index (κ1) is 15.5. The van der Waals surface area contributed by atoms with Gasteiger partial charge in [-0.25, -0.2) is 0 Å². The van der Waals surface area contributed by atoms with Crippen LogP contribution in [0.1, 0.15) is 65.2 Å². The van der Waals surface area contributed by atoms with E-state index in [4.69, 9.17) is 6.42 Å². The van der Waals surface area contributed by atoms with Crippen molar-refractivity contribution in [3.8, 4) is 12.3 Å². The highest BCUT2D eigenvalue weighted by Crippen LogP contribution is 2.11. The molecule has 94 valence electrons. The van der Waals surface area contributed by atoms with Gasteiger partial charge in [0.1, 0.15) is 0 Å². The van der Waals surface area contributed by atoms with Gasteiger partial charge >= 0.3 is 0 Å². The second-order valence-corrected chi connectivity index (χ2v) is 4.88. The molecular formula is C15H29N. The molecule has 0 aliphatic heterocycles. The Morgan fingerprint density at radius 3 is 2.19 bits per heavy atom. The maximum atomic E-state index is 5.30. The fraction of sp³-hybridized carbons (Fsp3) is 0.867. The van der Waals surface area contributed by atoms with E-state index in [1.54, 1.807) is 0 Å². The monoisotopic (exact) mass is 223 g/mol. The third-order valence-electron chi connectivity index (χ3n) is 3.32. The summed E-state index contributed by atoms with van der Waals surface area (Å²) in [7, 11) is 2.12. The van der Waals surface area contributed by atoms with Crippen molar-refractivity contribution in [2.75, 3.05) is 13.6 Å². The molecule has 0 rings (SSSR count). The van der Waals surface area contributed by atoms with Crippen molar-refractivity contribution >= 4 is 0 Å². The van der Waals surface area contributed by atoms with Gasteiger partial charge in [-0.05, 0) is 20.4 Å². The summed E-state index contributed by atoms with van der Waals surface area (Å²) in [6.45, 7) is 5.31. The first-order valence-corrected chi connectivity index (χ1v) is 6.86. The van der Waals surface area contributed by atoms with Crippen LogP contribution in [0, 0.1) is 12.3 Å². The van der Waals surface area contributed by atoms with Crippen LogP contribution in [0.4, 0.5) is 0 Å². The Labute approximate surface area is 103 Å². The molecule has 0 N–H and O–H groups in total. The molecule has 1 nitrogen and oxygen atoms in total. The molecule has 0 saturated heterocycles. The highest BCUT2D eigenvalue weighted by molar-refractivity contribution is 4.88. The van der Waals surface area contributed by atoms with Crippen LogP contribution in [0.15, 0.2) is 0 Å². The molecule has 0 saturated carbocycles. The smallest absolute Gasteiger partial charge is 0.0598 e. The summed E-state index contributed by atoms with van der Waals surface area (Å²) >= 11 is 0. The quantitative estimate of drug-likeness (QED) is 0.398. The molecule has 0 bridgehead atoms. The highest BCUT2D eigenvalue weighted by Gasteiger charge is 2.06. The molecule has 0 radical (unpaired) electrons. The lowest BCUT2D eigenvalue weighted by Gasteiger charge is -2.22. The van der Waals surface area contributed by atoms with Crippen molar-refractivity contribution in [3.05, 3.63) is 0 Å². The number of hydrogen-bond acceptors (Lipinski definition) is 1. The second-order valence-electron chi connectivity index (χ2n) is 4.88. The van der Waals surface area contributed by atoms with Crippen LogP contribution >= 0.6 is 0 Å². The standard InChI is InChI=1S/C15H29N/c1-5-7-8-9-10-11-12-13-15(3)16(4)14-6-2/h2,15H,5,7-14H2,1,3-4H3/t15-/m1/s1. The molecule has 0 heterocycles. The van der Waals surface area contributed by atoms with Crippen LogP contribution in [0.5, 0.6) is 0 Å². The summed E-state index contributed by atoms with van der Waals surface area (Å²) in [5, 5.41) is 0. The van der Waals surface area contributed by atoms with Gasteiger partial charge in [0.2, 0.25) is 0 Å².